The van der Waals surface area contributed by atoms with Gasteiger partial charge in [0, 0.05) is 11.1 Å². The Morgan fingerprint density at radius 3 is 2.12 bits per heavy atom. The Kier molecular flexibility index (Phi) is 4.67. The molecule has 0 saturated heterocycles. The topological polar surface area (TPSA) is 63.2 Å². The summed E-state index contributed by atoms with van der Waals surface area (Å²) in [7, 11) is -3.78. The Balaban J connectivity index is 2.00. The second-order valence-electron chi connectivity index (χ2n) is 5.61. The van der Waals surface area contributed by atoms with Gasteiger partial charge >= 0.3 is 0 Å². The summed E-state index contributed by atoms with van der Waals surface area (Å²) in [5.74, 6) is -0.233. The maximum Gasteiger partial charge on any atom is 0.262 e. The van der Waals surface area contributed by atoms with Crippen LogP contribution in [0.2, 0.25) is 0 Å². The number of carbonyl (C=O) groups is 1. The van der Waals surface area contributed by atoms with Gasteiger partial charge in [0.2, 0.25) is 0 Å². The number of carbonyl (C=O) groups excluding carboxylic acids is 1. The fourth-order valence-corrected chi connectivity index (χ4v) is 3.90. The molecule has 3 rings (SSSR count). The van der Waals surface area contributed by atoms with Gasteiger partial charge in [-0.2, -0.15) is 0 Å². The van der Waals surface area contributed by atoms with Crippen LogP contribution in [0.1, 0.15) is 21.5 Å². The molecule has 3 aromatic rings. The molecule has 0 saturated carbocycles. The van der Waals surface area contributed by atoms with Crippen molar-refractivity contribution in [2.24, 2.45) is 0 Å². The van der Waals surface area contributed by atoms with Gasteiger partial charge < -0.3 is 0 Å². The van der Waals surface area contributed by atoms with Gasteiger partial charge in [0.1, 0.15) is 0 Å². The summed E-state index contributed by atoms with van der Waals surface area (Å²) in [6.45, 7) is 1.73. The Bertz CT molecular complexity index is 1010. The number of hydrogen-bond acceptors (Lipinski definition) is 3. The van der Waals surface area contributed by atoms with Crippen LogP contribution < -0.4 is 4.72 Å². The third-order valence-electron chi connectivity index (χ3n) is 3.84. The van der Waals surface area contributed by atoms with E-state index in [1.807, 2.05) is 6.07 Å². The molecule has 0 aliphatic heterocycles. The minimum absolute atomic E-state index is 0.192. The van der Waals surface area contributed by atoms with E-state index in [0.29, 0.717) is 16.7 Å². The number of para-hydroxylation sites is 1. The van der Waals surface area contributed by atoms with E-state index in [9.17, 15) is 13.2 Å². The molecule has 0 amide bonds. The largest absolute Gasteiger partial charge is 0.289 e. The predicted octanol–water partition coefficient (Wildman–Crippen LogP) is 4.03. The maximum atomic E-state index is 12.7. The lowest BCUT2D eigenvalue weighted by molar-refractivity contribution is 0.103. The van der Waals surface area contributed by atoms with Crippen molar-refractivity contribution in [2.75, 3.05) is 4.72 Å². The Labute approximate surface area is 147 Å². The molecule has 25 heavy (non-hydrogen) atoms. The van der Waals surface area contributed by atoms with Crippen LogP contribution in [0.5, 0.6) is 0 Å². The van der Waals surface area contributed by atoms with Crippen LogP contribution in [0, 0.1) is 6.92 Å². The Morgan fingerprint density at radius 2 is 1.40 bits per heavy atom. The summed E-state index contributed by atoms with van der Waals surface area (Å²) in [6.07, 6.45) is 0. The van der Waals surface area contributed by atoms with E-state index < -0.39 is 10.0 Å². The minimum Gasteiger partial charge on any atom is -0.289 e. The molecule has 0 atom stereocenters. The average molecular weight is 351 g/mol. The molecular weight excluding hydrogens is 334 g/mol. The second-order valence-corrected chi connectivity index (χ2v) is 7.26. The number of aryl methyl sites for hydroxylation is 1. The van der Waals surface area contributed by atoms with Crippen molar-refractivity contribution in [3.63, 3.8) is 0 Å². The van der Waals surface area contributed by atoms with Crippen molar-refractivity contribution < 1.29 is 13.2 Å². The van der Waals surface area contributed by atoms with Crippen molar-refractivity contribution in [1.29, 1.82) is 0 Å². The highest BCUT2D eigenvalue weighted by atomic mass is 32.2. The number of anilines is 1. The normalized spacial score (nSPS) is 11.1. The van der Waals surface area contributed by atoms with Crippen LogP contribution in [-0.2, 0) is 10.0 Å². The van der Waals surface area contributed by atoms with Crippen LogP contribution in [0.25, 0.3) is 0 Å². The van der Waals surface area contributed by atoms with Crippen molar-refractivity contribution >= 4 is 21.5 Å². The SMILES string of the molecule is Cc1ccccc1S(=O)(=O)Nc1ccccc1C(=O)c1ccccc1. The van der Waals surface area contributed by atoms with E-state index in [1.54, 1.807) is 79.7 Å². The lowest BCUT2D eigenvalue weighted by atomic mass is 10.0. The zero-order valence-corrected chi connectivity index (χ0v) is 14.5. The fraction of sp³-hybridized carbons (Fsp3) is 0.0500. The van der Waals surface area contributed by atoms with Crippen molar-refractivity contribution in [3.05, 3.63) is 95.6 Å². The highest BCUT2D eigenvalue weighted by Crippen LogP contribution is 2.24. The van der Waals surface area contributed by atoms with E-state index in [-0.39, 0.29) is 16.4 Å². The minimum atomic E-state index is -3.78. The summed E-state index contributed by atoms with van der Waals surface area (Å²) >= 11 is 0. The number of nitrogens with one attached hydrogen (secondary N) is 1. The van der Waals surface area contributed by atoms with Gasteiger partial charge in [-0.25, -0.2) is 8.42 Å². The van der Waals surface area contributed by atoms with Crippen molar-refractivity contribution in [1.82, 2.24) is 0 Å². The van der Waals surface area contributed by atoms with Gasteiger partial charge in [-0.05, 0) is 30.7 Å². The highest BCUT2D eigenvalue weighted by molar-refractivity contribution is 7.92. The van der Waals surface area contributed by atoms with Crippen LogP contribution in [0.15, 0.2) is 83.8 Å². The van der Waals surface area contributed by atoms with Crippen LogP contribution in [-0.4, -0.2) is 14.2 Å². The van der Waals surface area contributed by atoms with Crippen LogP contribution in [0.4, 0.5) is 5.69 Å². The van der Waals surface area contributed by atoms with Gasteiger partial charge in [0.05, 0.1) is 10.6 Å². The quantitative estimate of drug-likeness (QED) is 0.706. The van der Waals surface area contributed by atoms with E-state index in [4.69, 9.17) is 0 Å². The van der Waals surface area contributed by atoms with E-state index in [1.165, 1.54) is 0 Å². The molecule has 0 fully saturated rings. The van der Waals surface area contributed by atoms with Crippen LogP contribution in [0.3, 0.4) is 0 Å². The number of rotatable bonds is 5. The molecule has 1 N–H and O–H groups in total. The van der Waals surface area contributed by atoms with E-state index in [2.05, 4.69) is 4.72 Å². The smallest absolute Gasteiger partial charge is 0.262 e. The lowest BCUT2D eigenvalue weighted by Gasteiger charge is -2.13. The fourth-order valence-electron chi connectivity index (χ4n) is 2.57. The monoisotopic (exact) mass is 351 g/mol. The molecule has 0 spiro atoms. The Morgan fingerprint density at radius 1 is 0.800 bits per heavy atom. The number of ketones is 1. The zero-order valence-electron chi connectivity index (χ0n) is 13.6. The molecule has 0 aromatic heterocycles. The average Bonchev–Trinajstić information content (AvgIpc) is 2.62. The van der Waals surface area contributed by atoms with Gasteiger partial charge in [-0.1, -0.05) is 60.7 Å². The summed E-state index contributed by atoms with van der Waals surface area (Å²) in [6, 6.07) is 22.1. The molecule has 0 unspecified atom stereocenters. The first kappa shape index (κ1) is 16.9. The third-order valence-corrected chi connectivity index (χ3v) is 5.36. The Hall–Kier alpha value is -2.92. The van der Waals surface area contributed by atoms with Crippen LogP contribution >= 0.6 is 0 Å². The predicted molar refractivity (Wildman–Crippen MR) is 98.3 cm³/mol. The van der Waals surface area contributed by atoms with E-state index >= 15 is 0 Å². The molecule has 0 bridgehead atoms. The number of sulfonamides is 1. The van der Waals surface area contributed by atoms with Gasteiger partial charge in [0.25, 0.3) is 10.0 Å². The van der Waals surface area contributed by atoms with Crippen molar-refractivity contribution in [2.45, 2.75) is 11.8 Å². The molecule has 0 aliphatic carbocycles. The van der Waals surface area contributed by atoms with Gasteiger partial charge in [-0.15, -0.1) is 0 Å². The first-order valence-electron chi connectivity index (χ1n) is 7.76. The molecule has 0 radical (unpaired) electrons. The second kappa shape index (κ2) is 6.91. The summed E-state index contributed by atoms with van der Waals surface area (Å²) in [5.41, 5.74) is 1.72. The molecule has 0 heterocycles. The summed E-state index contributed by atoms with van der Waals surface area (Å²) < 4.78 is 28.0. The summed E-state index contributed by atoms with van der Waals surface area (Å²) in [5, 5.41) is 0. The van der Waals surface area contributed by atoms with Gasteiger partial charge in [0.15, 0.2) is 5.78 Å². The molecule has 0 aliphatic rings. The number of benzene rings is 3. The number of hydrogen-bond donors (Lipinski definition) is 1. The maximum absolute atomic E-state index is 12.7. The standard InChI is InChI=1S/C20H17NO3S/c1-15-9-5-8-14-19(15)25(23,24)21-18-13-7-6-12-17(18)20(22)16-10-3-2-4-11-16/h2-14,21H,1H3. The molecule has 4 nitrogen and oxygen atoms in total. The molecule has 126 valence electrons. The zero-order chi connectivity index (χ0) is 17.9. The van der Waals surface area contributed by atoms with Gasteiger partial charge in [-0.3, -0.25) is 9.52 Å². The molecular formula is C20H17NO3S. The highest BCUT2D eigenvalue weighted by Gasteiger charge is 2.20. The van der Waals surface area contributed by atoms with Crippen molar-refractivity contribution in [3.8, 4) is 0 Å². The summed E-state index contributed by atoms with van der Waals surface area (Å²) in [4.78, 5) is 12.9. The first-order chi connectivity index (χ1) is 12.0. The first-order valence-corrected chi connectivity index (χ1v) is 9.24. The van der Waals surface area contributed by atoms with E-state index in [0.717, 1.165) is 0 Å². The lowest BCUT2D eigenvalue weighted by Crippen LogP contribution is -2.16. The molecule has 5 heteroatoms. The third kappa shape index (κ3) is 3.61. The molecule has 3 aromatic carbocycles.